The molecule has 24 heavy (non-hydrogen) atoms. The molecule has 1 atom stereocenters. The van der Waals surface area contributed by atoms with E-state index in [1.165, 1.54) is 12.6 Å². The summed E-state index contributed by atoms with van der Waals surface area (Å²) < 4.78 is 5.06. The van der Waals surface area contributed by atoms with Crippen molar-refractivity contribution in [3.05, 3.63) is 48.4 Å². The van der Waals surface area contributed by atoms with Crippen LogP contribution >= 0.6 is 0 Å². The molecule has 1 aliphatic rings. The average Bonchev–Trinajstić information content (AvgIpc) is 3.25. The number of likely N-dealkylation sites (tertiary alicyclic amines) is 1. The van der Waals surface area contributed by atoms with E-state index in [0.29, 0.717) is 26.1 Å². The molecule has 0 aliphatic carbocycles. The summed E-state index contributed by atoms with van der Waals surface area (Å²) >= 11 is 0. The second kappa shape index (κ2) is 7.11. The Morgan fingerprint density at radius 2 is 2.21 bits per heavy atom. The van der Waals surface area contributed by atoms with Crippen LogP contribution in [0, 0.1) is 0 Å². The largest absolute Gasteiger partial charge is 0.438 e. The zero-order valence-electron chi connectivity index (χ0n) is 13.8. The van der Waals surface area contributed by atoms with E-state index in [-0.39, 0.29) is 11.7 Å². The molecular formula is C17H22N4O3. The van der Waals surface area contributed by atoms with Crippen LogP contribution in [-0.4, -0.2) is 62.6 Å². The Bertz CT molecular complexity index is 662. The minimum atomic E-state index is -0.904. The third-order valence-electron chi connectivity index (χ3n) is 4.38. The van der Waals surface area contributed by atoms with E-state index >= 15 is 0 Å². The smallest absolute Gasteiger partial charge is 0.291 e. The van der Waals surface area contributed by atoms with Gasteiger partial charge in [-0.05, 0) is 30.7 Å². The standard InChI is InChI=1S/C17H22N4O3/c1-2-20(10-14-3-6-18-7-4-14)11-17(23)5-8-21(12-17)16(22)15-9-19-13-24-15/h3-4,6-7,9,13,23H,2,5,8,10-12H2,1H3/t17-/m0/s1. The van der Waals surface area contributed by atoms with E-state index in [9.17, 15) is 9.90 Å². The van der Waals surface area contributed by atoms with Crippen molar-refractivity contribution in [1.82, 2.24) is 19.8 Å². The molecule has 2 aromatic rings. The lowest BCUT2D eigenvalue weighted by molar-refractivity contribution is 0.0105. The summed E-state index contributed by atoms with van der Waals surface area (Å²) in [6.45, 7) is 4.98. The van der Waals surface area contributed by atoms with Gasteiger partial charge in [-0.25, -0.2) is 4.98 Å². The minimum Gasteiger partial charge on any atom is -0.438 e. The van der Waals surface area contributed by atoms with Crippen molar-refractivity contribution < 1.29 is 14.3 Å². The first-order valence-corrected chi connectivity index (χ1v) is 8.11. The number of oxazole rings is 1. The van der Waals surface area contributed by atoms with Crippen LogP contribution in [0.5, 0.6) is 0 Å². The molecule has 128 valence electrons. The molecule has 0 radical (unpaired) electrons. The number of pyridine rings is 1. The lowest BCUT2D eigenvalue weighted by Crippen LogP contribution is -2.45. The monoisotopic (exact) mass is 330 g/mol. The maximum absolute atomic E-state index is 12.3. The highest BCUT2D eigenvalue weighted by Crippen LogP contribution is 2.24. The fourth-order valence-electron chi connectivity index (χ4n) is 3.08. The molecule has 0 unspecified atom stereocenters. The van der Waals surface area contributed by atoms with Gasteiger partial charge in [0.2, 0.25) is 5.76 Å². The third kappa shape index (κ3) is 3.80. The summed E-state index contributed by atoms with van der Waals surface area (Å²) in [6.07, 6.45) is 6.74. The molecule has 1 N–H and O–H groups in total. The Morgan fingerprint density at radius 1 is 1.42 bits per heavy atom. The van der Waals surface area contributed by atoms with Crippen molar-refractivity contribution in [2.45, 2.75) is 25.5 Å². The van der Waals surface area contributed by atoms with Gasteiger partial charge in [0.05, 0.1) is 18.3 Å². The first kappa shape index (κ1) is 16.6. The van der Waals surface area contributed by atoms with E-state index in [1.54, 1.807) is 17.3 Å². The fourth-order valence-corrected chi connectivity index (χ4v) is 3.08. The van der Waals surface area contributed by atoms with E-state index in [2.05, 4.69) is 21.8 Å². The van der Waals surface area contributed by atoms with Crippen molar-refractivity contribution >= 4 is 5.91 Å². The molecule has 1 aliphatic heterocycles. The van der Waals surface area contributed by atoms with Crippen LogP contribution in [-0.2, 0) is 6.54 Å². The summed E-state index contributed by atoms with van der Waals surface area (Å²) in [5, 5.41) is 10.9. The zero-order chi connectivity index (χ0) is 17.0. The number of hydrogen-bond acceptors (Lipinski definition) is 6. The highest BCUT2D eigenvalue weighted by molar-refractivity contribution is 5.91. The van der Waals surface area contributed by atoms with E-state index in [4.69, 9.17) is 4.42 Å². The summed E-state index contributed by atoms with van der Waals surface area (Å²) in [6, 6.07) is 3.95. The van der Waals surface area contributed by atoms with Crippen LogP contribution in [0.3, 0.4) is 0 Å². The number of likely N-dealkylation sites (N-methyl/N-ethyl adjacent to an activating group) is 1. The molecule has 0 saturated carbocycles. The second-order valence-corrected chi connectivity index (χ2v) is 6.23. The second-order valence-electron chi connectivity index (χ2n) is 6.23. The Balaban J connectivity index is 1.60. The number of nitrogens with zero attached hydrogens (tertiary/aromatic N) is 4. The van der Waals surface area contributed by atoms with Gasteiger partial charge in [0.1, 0.15) is 0 Å². The Kier molecular flexibility index (Phi) is 4.92. The molecule has 7 heteroatoms. The number of amides is 1. The molecule has 1 fully saturated rings. The molecule has 1 amide bonds. The first-order chi connectivity index (χ1) is 11.6. The van der Waals surface area contributed by atoms with Gasteiger partial charge >= 0.3 is 0 Å². The molecule has 1 saturated heterocycles. The summed E-state index contributed by atoms with van der Waals surface area (Å²) in [7, 11) is 0. The van der Waals surface area contributed by atoms with Crippen LogP contribution < -0.4 is 0 Å². The van der Waals surface area contributed by atoms with Crippen LogP contribution in [0.15, 0.2) is 41.5 Å². The van der Waals surface area contributed by atoms with Gasteiger partial charge in [-0.3, -0.25) is 14.7 Å². The van der Waals surface area contributed by atoms with Crippen molar-refractivity contribution in [2.24, 2.45) is 0 Å². The zero-order valence-corrected chi connectivity index (χ0v) is 13.8. The van der Waals surface area contributed by atoms with E-state index in [1.807, 2.05) is 12.1 Å². The Morgan fingerprint density at radius 3 is 2.88 bits per heavy atom. The number of carbonyl (C=O) groups excluding carboxylic acids is 1. The highest BCUT2D eigenvalue weighted by atomic mass is 16.3. The Labute approximate surface area is 140 Å². The van der Waals surface area contributed by atoms with Gasteiger partial charge in [-0.1, -0.05) is 6.92 Å². The molecule has 0 bridgehead atoms. The van der Waals surface area contributed by atoms with Gasteiger partial charge < -0.3 is 14.4 Å². The quantitative estimate of drug-likeness (QED) is 0.856. The van der Waals surface area contributed by atoms with E-state index in [0.717, 1.165) is 18.7 Å². The summed E-state index contributed by atoms with van der Waals surface area (Å²) in [5.41, 5.74) is 0.252. The molecule has 0 spiro atoms. The minimum absolute atomic E-state index is 0.211. The topological polar surface area (TPSA) is 82.7 Å². The third-order valence-corrected chi connectivity index (χ3v) is 4.38. The molecular weight excluding hydrogens is 308 g/mol. The van der Waals surface area contributed by atoms with Gasteiger partial charge in [-0.15, -0.1) is 0 Å². The maximum Gasteiger partial charge on any atom is 0.291 e. The van der Waals surface area contributed by atoms with Gasteiger partial charge in [0, 0.05) is 32.0 Å². The SMILES string of the molecule is CCN(Cc1ccncc1)C[C@@]1(O)CCN(C(=O)c2cnco2)C1. The lowest BCUT2D eigenvalue weighted by Gasteiger charge is -2.30. The van der Waals surface area contributed by atoms with Gasteiger partial charge in [0.15, 0.2) is 6.39 Å². The first-order valence-electron chi connectivity index (χ1n) is 8.11. The number of hydrogen-bond donors (Lipinski definition) is 1. The molecule has 7 nitrogen and oxygen atoms in total. The van der Waals surface area contributed by atoms with Crippen LogP contribution in [0.1, 0.15) is 29.5 Å². The van der Waals surface area contributed by atoms with Crippen LogP contribution in [0.2, 0.25) is 0 Å². The summed E-state index contributed by atoms with van der Waals surface area (Å²) in [5.74, 6) is -0.0102. The van der Waals surface area contributed by atoms with Crippen LogP contribution in [0.25, 0.3) is 0 Å². The van der Waals surface area contributed by atoms with Crippen molar-refractivity contribution in [2.75, 3.05) is 26.2 Å². The van der Waals surface area contributed by atoms with Crippen molar-refractivity contribution in [1.29, 1.82) is 0 Å². The highest BCUT2D eigenvalue weighted by Gasteiger charge is 2.40. The van der Waals surface area contributed by atoms with E-state index < -0.39 is 5.60 Å². The maximum atomic E-state index is 12.3. The average molecular weight is 330 g/mol. The molecule has 2 aromatic heterocycles. The number of aromatic nitrogens is 2. The predicted molar refractivity (Wildman–Crippen MR) is 87.2 cm³/mol. The van der Waals surface area contributed by atoms with Crippen molar-refractivity contribution in [3.8, 4) is 0 Å². The number of rotatable bonds is 6. The number of β-amino-alcohol motifs (C(OH)–C–C–N with tert-alkyl or cyclic N) is 1. The Hall–Kier alpha value is -2.25. The number of carbonyl (C=O) groups is 1. The summed E-state index contributed by atoms with van der Waals surface area (Å²) in [4.78, 5) is 23.9. The van der Waals surface area contributed by atoms with Crippen molar-refractivity contribution in [3.63, 3.8) is 0 Å². The van der Waals surface area contributed by atoms with Gasteiger partial charge in [0.25, 0.3) is 5.91 Å². The number of aliphatic hydroxyl groups is 1. The normalized spacial score (nSPS) is 20.7. The van der Waals surface area contributed by atoms with Crippen LogP contribution in [0.4, 0.5) is 0 Å². The fraction of sp³-hybridized carbons (Fsp3) is 0.471. The van der Waals surface area contributed by atoms with Gasteiger partial charge in [-0.2, -0.15) is 0 Å². The lowest BCUT2D eigenvalue weighted by atomic mass is 10.0. The molecule has 3 heterocycles. The predicted octanol–water partition coefficient (Wildman–Crippen LogP) is 1.17. The molecule has 0 aromatic carbocycles. The molecule has 3 rings (SSSR count).